The van der Waals surface area contributed by atoms with Gasteiger partial charge in [-0.3, -0.25) is 9.97 Å². The van der Waals surface area contributed by atoms with Gasteiger partial charge in [0.05, 0.1) is 12.0 Å². The monoisotopic (exact) mass is 363 g/mol. The van der Waals surface area contributed by atoms with E-state index in [1.165, 1.54) is 0 Å². The number of aromatic nitrogens is 2. The van der Waals surface area contributed by atoms with Crippen LogP contribution in [-0.4, -0.2) is 9.97 Å². The fraction of sp³-hybridized carbons (Fsp3) is 0.105. The van der Waals surface area contributed by atoms with E-state index in [2.05, 4.69) is 32.0 Å². The molecule has 112 valence electrons. The molecule has 2 aromatic heterocycles. The Morgan fingerprint density at radius 3 is 1.96 bits per heavy atom. The Bertz CT molecular complexity index is 773. The second kappa shape index (κ2) is 7.17. The maximum Gasteiger partial charge on any atom is 0.0833 e. The third-order valence-electron chi connectivity index (χ3n) is 3.80. The molecule has 0 aliphatic carbocycles. The smallest absolute Gasteiger partial charge is 0.0833 e. The van der Waals surface area contributed by atoms with Gasteiger partial charge in [-0.1, -0.05) is 46.3 Å². The number of hydrogen-bond donors (Lipinski definition) is 0. The van der Waals surface area contributed by atoms with Crippen molar-refractivity contribution >= 4 is 15.9 Å². The summed E-state index contributed by atoms with van der Waals surface area (Å²) >= 11 is 3.57. The van der Waals surface area contributed by atoms with Gasteiger partial charge in [-0.05, 0) is 34.9 Å². The van der Waals surface area contributed by atoms with Crippen LogP contribution in [0.1, 0.15) is 28.5 Å². The van der Waals surface area contributed by atoms with E-state index in [1.54, 1.807) is 12.4 Å². The Morgan fingerprint density at radius 1 is 0.870 bits per heavy atom. The van der Waals surface area contributed by atoms with Crippen LogP contribution in [0.4, 0.5) is 0 Å². The highest BCUT2D eigenvalue weighted by molar-refractivity contribution is 9.10. The number of rotatable bonds is 4. The van der Waals surface area contributed by atoms with E-state index in [4.69, 9.17) is 0 Å². The number of hydrogen-bond acceptors (Lipinski definition) is 3. The van der Waals surface area contributed by atoms with E-state index < -0.39 is 0 Å². The van der Waals surface area contributed by atoms with Gasteiger partial charge in [0.15, 0.2) is 0 Å². The fourth-order valence-electron chi connectivity index (χ4n) is 2.75. The third kappa shape index (κ3) is 3.30. The Labute approximate surface area is 143 Å². The lowest BCUT2D eigenvalue weighted by atomic mass is 9.79. The molecule has 4 heteroatoms. The van der Waals surface area contributed by atoms with Crippen molar-refractivity contribution in [2.75, 3.05) is 0 Å². The maximum absolute atomic E-state index is 9.89. The average molecular weight is 364 g/mol. The highest BCUT2D eigenvalue weighted by Crippen LogP contribution is 2.39. The largest absolute Gasteiger partial charge is 0.264 e. The molecular formula is C19H14BrN3. The molecule has 3 nitrogen and oxygen atoms in total. The van der Waals surface area contributed by atoms with Crippen LogP contribution in [0.25, 0.3) is 0 Å². The second-order valence-corrected chi connectivity index (χ2v) is 6.03. The van der Waals surface area contributed by atoms with E-state index in [0.717, 1.165) is 21.2 Å². The molecule has 0 spiro atoms. The summed E-state index contributed by atoms with van der Waals surface area (Å²) in [5.74, 6) is -0.458. The quantitative estimate of drug-likeness (QED) is 0.676. The molecular weight excluding hydrogens is 350 g/mol. The molecule has 2 heterocycles. The van der Waals surface area contributed by atoms with E-state index in [-0.39, 0.29) is 11.8 Å². The molecule has 0 N–H and O–H groups in total. The van der Waals surface area contributed by atoms with Crippen LogP contribution in [-0.2, 0) is 0 Å². The summed E-state index contributed by atoms with van der Waals surface area (Å²) in [6, 6.07) is 18.1. The summed E-state index contributed by atoms with van der Waals surface area (Å²) in [6.07, 6.45) is 7.12. The molecule has 3 aromatic rings. The Hall–Kier alpha value is -2.51. The van der Waals surface area contributed by atoms with Gasteiger partial charge < -0.3 is 0 Å². The molecule has 3 rings (SSSR count). The summed E-state index contributed by atoms with van der Waals surface area (Å²) in [4.78, 5) is 8.44. The van der Waals surface area contributed by atoms with Gasteiger partial charge in [-0.25, -0.2) is 0 Å². The molecule has 23 heavy (non-hydrogen) atoms. The molecule has 1 aromatic carbocycles. The van der Waals surface area contributed by atoms with E-state index in [1.807, 2.05) is 60.9 Å². The zero-order chi connectivity index (χ0) is 16.1. The first-order valence-electron chi connectivity index (χ1n) is 7.25. The van der Waals surface area contributed by atoms with Crippen LogP contribution in [0.3, 0.4) is 0 Å². The van der Waals surface area contributed by atoms with Crippen molar-refractivity contribution in [1.82, 2.24) is 9.97 Å². The normalized spacial score (nSPS) is 11.9. The minimum absolute atomic E-state index is 0.124. The summed E-state index contributed by atoms with van der Waals surface area (Å²) in [5, 5.41) is 9.89. The summed E-state index contributed by atoms with van der Waals surface area (Å²) in [7, 11) is 0. The van der Waals surface area contributed by atoms with Crippen molar-refractivity contribution in [1.29, 1.82) is 5.26 Å². The highest BCUT2D eigenvalue weighted by Gasteiger charge is 2.28. The first kappa shape index (κ1) is 15.4. The van der Waals surface area contributed by atoms with Gasteiger partial charge in [0.25, 0.3) is 0 Å². The Kier molecular flexibility index (Phi) is 4.80. The van der Waals surface area contributed by atoms with Crippen LogP contribution in [0.2, 0.25) is 0 Å². The van der Waals surface area contributed by atoms with Gasteiger partial charge in [0.1, 0.15) is 0 Å². The molecule has 0 unspecified atom stereocenters. The van der Waals surface area contributed by atoms with Crippen molar-refractivity contribution in [3.8, 4) is 6.07 Å². The predicted molar refractivity (Wildman–Crippen MR) is 92.8 cm³/mol. The molecule has 0 fully saturated rings. The van der Waals surface area contributed by atoms with E-state index in [0.29, 0.717) is 0 Å². The lowest BCUT2D eigenvalue weighted by Gasteiger charge is -2.23. The van der Waals surface area contributed by atoms with Crippen molar-refractivity contribution in [2.24, 2.45) is 0 Å². The number of nitrogens with zero attached hydrogens (tertiary/aromatic N) is 3. The zero-order valence-electron chi connectivity index (χ0n) is 12.3. The van der Waals surface area contributed by atoms with Crippen LogP contribution < -0.4 is 0 Å². The topological polar surface area (TPSA) is 49.6 Å². The van der Waals surface area contributed by atoms with Gasteiger partial charge in [0.2, 0.25) is 0 Å². The van der Waals surface area contributed by atoms with Crippen molar-refractivity contribution in [2.45, 2.75) is 11.8 Å². The fourth-order valence-corrected chi connectivity index (χ4v) is 3.28. The first-order chi connectivity index (χ1) is 11.3. The minimum Gasteiger partial charge on any atom is -0.264 e. The molecule has 0 saturated heterocycles. The van der Waals surface area contributed by atoms with Gasteiger partial charge in [-0.15, -0.1) is 0 Å². The van der Waals surface area contributed by atoms with Gasteiger partial charge >= 0.3 is 0 Å². The number of nitriles is 1. The molecule has 0 amide bonds. The van der Waals surface area contributed by atoms with Crippen molar-refractivity contribution in [3.63, 3.8) is 0 Å². The third-order valence-corrected chi connectivity index (χ3v) is 4.52. The maximum atomic E-state index is 9.89. The van der Waals surface area contributed by atoms with Crippen LogP contribution in [0.15, 0.2) is 77.8 Å². The van der Waals surface area contributed by atoms with Crippen LogP contribution in [0, 0.1) is 11.3 Å². The molecule has 0 saturated carbocycles. The van der Waals surface area contributed by atoms with E-state index >= 15 is 0 Å². The summed E-state index contributed by atoms with van der Waals surface area (Å²) in [5.41, 5.74) is 2.97. The molecule has 1 atom stereocenters. The van der Waals surface area contributed by atoms with E-state index in [9.17, 15) is 5.26 Å². The first-order valence-corrected chi connectivity index (χ1v) is 8.04. The number of benzene rings is 1. The summed E-state index contributed by atoms with van der Waals surface area (Å²) in [6.45, 7) is 0. The van der Waals surface area contributed by atoms with Gasteiger partial charge in [0, 0.05) is 35.2 Å². The number of halogens is 1. The molecule has 0 aliphatic rings. The standard InChI is InChI=1S/C19H14BrN3/c20-18-8-2-1-7-16(18)17(11-21)19(14-5-3-9-22-12-14)15-6-4-10-23-13-15/h1-10,12-13,17,19H/t17-/m0/s1. The highest BCUT2D eigenvalue weighted by atomic mass is 79.9. The predicted octanol–water partition coefficient (Wildman–Crippen LogP) is 4.68. The SMILES string of the molecule is N#C[C@@H](c1ccccc1Br)C(c1cccnc1)c1cccnc1. The summed E-state index contributed by atoms with van der Waals surface area (Å²) < 4.78 is 0.935. The van der Waals surface area contributed by atoms with Crippen molar-refractivity contribution in [3.05, 3.63) is 94.5 Å². The Balaban J connectivity index is 2.15. The van der Waals surface area contributed by atoms with Gasteiger partial charge in [-0.2, -0.15) is 5.26 Å². The molecule has 0 bridgehead atoms. The minimum atomic E-state index is -0.334. The Morgan fingerprint density at radius 2 is 1.48 bits per heavy atom. The lowest BCUT2D eigenvalue weighted by Crippen LogP contribution is -2.12. The average Bonchev–Trinajstić information content (AvgIpc) is 2.62. The molecule has 0 radical (unpaired) electrons. The van der Waals surface area contributed by atoms with Crippen LogP contribution >= 0.6 is 15.9 Å². The number of pyridine rings is 2. The zero-order valence-corrected chi connectivity index (χ0v) is 13.9. The van der Waals surface area contributed by atoms with Crippen LogP contribution in [0.5, 0.6) is 0 Å². The lowest BCUT2D eigenvalue weighted by molar-refractivity contribution is 0.716. The second-order valence-electron chi connectivity index (χ2n) is 5.18. The molecule has 0 aliphatic heterocycles. The van der Waals surface area contributed by atoms with Crippen molar-refractivity contribution < 1.29 is 0 Å².